The molecule has 0 fully saturated rings. The minimum atomic E-state index is -0.330. The number of furan rings is 1. The molecule has 112 valence electrons. The summed E-state index contributed by atoms with van der Waals surface area (Å²) >= 11 is 1.13. The second-order valence-electron chi connectivity index (χ2n) is 4.47. The Kier molecular flexibility index (Phi) is 3.99. The number of pyridine rings is 1. The van der Waals surface area contributed by atoms with Gasteiger partial charge in [0.05, 0.1) is 21.2 Å². The van der Waals surface area contributed by atoms with Crippen LogP contribution in [0.15, 0.2) is 45.8 Å². The molecule has 0 amide bonds. The molecule has 3 aromatic heterocycles. The van der Waals surface area contributed by atoms with E-state index in [1.165, 1.54) is 12.3 Å². The second-order valence-corrected chi connectivity index (χ2v) is 5.56. The summed E-state index contributed by atoms with van der Waals surface area (Å²) in [4.78, 5) is 30.5. The summed E-state index contributed by atoms with van der Waals surface area (Å²) in [5.41, 5.74) is 0.449. The van der Waals surface area contributed by atoms with Gasteiger partial charge < -0.3 is 9.40 Å². The highest BCUT2D eigenvalue weighted by molar-refractivity contribution is 7.07. The van der Waals surface area contributed by atoms with Gasteiger partial charge in [-0.05, 0) is 30.3 Å². The first-order chi connectivity index (χ1) is 11.2. The first-order valence-electron chi connectivity index (χ1n) is 6.53. The quantitative estimate of drug-likeness (QED) is 0.718. The molecule has 3 heterocycles. The minimum Gasteiger partial charge on any atom is -0.461 e. The van der Waals surface area contributed by atoms with Gasteiger partial charge in [-0.3, -0.25) is 9.59 Å². The number of Topliss-reactive ketones (excluding diaryl/α,β-unsaturated/α-hetero) is 1. The van der Waals surface area contributed by atoms with E-state index in [1.807, 2.05) is 6.07 Å². The van der Waals surface area contributed by atoms with Crippen molar-refractivity contribution >= 4 is 29.3 Å². The number of nitriles is 1. The van der Waals surface area contributed by atoms with Gasteiger partial charge in [0.2, 0.25) is 5.78 Å². The molecule has 3 aromatic rings. The monoisotopic (exact) mass is 323 g/mol. The topological polar surface area (TPSA) is 99.7 Å². The number of hydrogen-bond acceptors (Lipinski definition) is 6. The van der Waals surface area contributed by atoms with Gasteiger partial charge in [-0.15, -0.1) is 11.3 Å². The Labute approximate surface area is 133 Å². The van der Waals surface area contributed by atoms with Gasteiger partial charge in [-0.25, -0.2) is 4.98 Å². The van der Waals surface area contributed by atoms with Crippen molar-refractivity contribution in [1.29, 1.82) is 5.26 Å². The molecule has 0 saturated carbocycles. The first-order valence-corrected chi connectivity index (χ1v) is 7.35. The second kappa shape index (κ2) is 6.25. The van der Waals surface area contributed by atoms with Gasteiger partial charge in [0.15, 0.2) is 5.76 Å². The van der Waals surface area contributed by atoms with E-state index in [0.717, 1.165) is 11.3 Å². The lowest BCUT2D eigenvalue weighted by Gasteiger charge is -1.90. The number of thiazole rings is 1. The smallest absolute Gasteiger partial charge is 0.266 e. The van der Waals surface area contributed by atoms with Crippen molar-refractivity contribution in [3.63, 3.8) is 0 Å². The number of aromatic nitrogens is 2. The van der Waals surface area contributed by atoms with E-state index in [0.29, 0.717) is 14.9 Å². The number of carbonyl (C=O) groups excluding carboxylic acids is 1. The maximum absolute atomic E-state index is 11.9. The highest BCUT2D eigenvalue weighted by atomic mass is 32.1. The lowest BCUT2D eigenvalue weighted by atomic mass is 10.3. The molecule has 3 rings (SSSR count). The highest BCUT2D eigenvalue weighted by Crippen LogP contribution is 2.01. The molecular weight excluding hydrogens is 314 g/mol. The third-order valence-electron chi connectivity index (χ3n) is 2.87. The Morgan fingerprint density at radius 1 is 1.35 bits per heavy atom. The number of ketones is 1. The molecule has 0 aromatic carbocycles. The van der Waals surface area contributed by atoms with Gasteiger partial charge in [0.25, 0.3) is 5.56 Å². The molecule has 0 spiro atoms. The van der Waals surface area contributed by atoms with Crippen molar-refractivity contribution in [3.05, 3.63) is 73.3 Å². The fraction of sp³-hybridized carbons (Fsp3) is 0. The fourth-order valence-corrected chi connectivity index (χ4v) is 2.73. The van der Waals surface area contributed by atoms with Crippen LogP contribution in [0.2, 0.25) is 0 Å². The van der Waals surface area contributed by atoms with E-state index >= 15 is 0 Å². The van der Waals surface area contributed by atoms with Crippen molar-refractivity contribution in [2.24, 2.45) is 0 Å². The summed E-state index contributed by atoms with van der Waals surface area (Å²) in [6.45, 7) is 0. The van der Waals surface area contributed by atoms with Crippen molar-refractivity contribution in [2.45, 2.75) is 0 Å². The Hall–Kier alpha value is -3.24. The van der Waals surface area contributed by atoms with Crippen LogP contribution in [0.5, 0.6) is 0 Å². The first kappa shape index (κ1) is 14.7. The highest BCUT2D eigenvalue weighted by Gasteiger charge is 2.05. The lowest BCUT2D eigenvalue weighted by Crippen LogP contribution is -2.20. The van der Waals surface area contributed by atoms with Crippen molar-refractivity contribution in [3.8, 4) is 6.07 Å². The Morgan fingerprint density at radius 2 is 2.22 bits per heavy atom. The molecule has 0 aliphatic carbocycles. The van der Waals surface area contributed by atoms with Crippen LogP contribution >= 0.6 is 11.3 Å². The molecule has 1 N–H and O–H groups in total. The van der Waals surface area contributed by atoms with Crippen molar-refractivity contribution in [2.75, 3.05) is 0 Å². The molecule has 6 nitrogen and oxygen atoms in total. The summed E-state index contributed by atoms with van der Waals surface area (Å²) in [6, 6.07) is 10.1. The molecule has 0 aliphatic heterocycles. The average Bonchev–Trinajstić information content (AvgIpc) is 3.18. The number of nitrogens with one attached hydrogen (secondary N) is 1. The summed E-state index contributed by atoms with van der Waals surface area (Å²) in [7, 11) is 0. The fourth-order valence-electron chi connectivity index (χ4n) is 1.86. The normalized spacial score (nSPS) is 12.3. The molecule has 0 saturated heterocycles. The van der Waals surface area contributed by atoms with E-state index in [4.69, 9.17) is 9.68 Å². The zero-order valence-electron chi connectivity index (χ0n) is 11.6. The number of aromatic amines is 1. The largest absolute Gasteiger partial charge is 0.461 e. The number of rotatable bonds is 3. The Bertz CT molecular complexity index is 1070. The Morgan fingerprint density at radius 3 is 2.96 bits per heavy atom. The molecule has 0 atom stereocenters. The van der Waals surface area contributed by atoms with Gasteiger partial charge in [-0.2, -0.15) is 5.26 Å². The van der Waals surface area contributed by atoms with Crippen molar-refractivity contribution < 1.29 is 9.21 Å². The third-order valence-corrected chi connectivity index (χ3v) is 3.83. The van der Waals surface area contributed by atoms with Crippen LogP contribution in [0.25, 0.3) is 12.2 Å². The van der Waals surface area contributed by atoms with E-state index in [9.17, 15) is 9.59 Å². The molecule has 0 bridgehead atoms. The molecule has 23 heavy (non-hydrogen) atoms. The number of carbonyl (C=O) groups is 1. The summed E-state index contributed by atoms with van der Waals surface area (Å²) in [5.74, 6) is -0.128. The summed E-state index contributed by atoms with van der Waals surface area (Å²) < 4.78 is 5.82. The van der Waals surface area contributed by atoms with Gasteiger partial charge in [-0.1, -0.05) is 6.07 Å². The predicted molar refractivity (Wildman–Crippen MR) is 84.2 cm³/mol. The van der Waals surface area contributed by atoms with Gasteiger partial charge >= 0.3 is 0 Å². The maximum atomic E-state index is 11.9. The summed E-state index contributed by atoms with van der Waals surface area (Å²) in [6.07, 6.45) is 4.28. The van der Waals surface area contributed by atoms with Crippen LogP contribution in [-0.2, 0) is 0 Å². The van der Waals surface area contributed by atoms with E-state index < -0.39 is 0 Å². The third kappa shape index (κ3) is 3.33. The van der Waals surface area contributed by atoms with Crippen LogP contribution in [-0.4, -0.2) is 15.8 Å². The van der Waals surface area contributed by atoms with E-state index in [2.05, 4.69) is 9.97 Å². The van der Waals surface area contributed by atoms with Crippen molar-refractivity contribution in [1.82, 2.24) is 9.97 Å². The number of hydrogen-bond donors (Lipinski definition) is 1. The van der Waals surface area contributed by atoms with Crippen LogP contribution < -0.4 is 14.8 Å². The minimum absolute atomic E-state index is 0.202. The molecule has 7 heteroatoms. The SMILES string of the molecule is N#Cc1cccc(/C=c2/s/c(=C\C(=O)c3ccco3)[nH]c2=O)n1. The molecule has 0 radical (unpaired) electrons. The average molecular weight is 323 g/mol. The van der Waals surface area contributed by atoms with Crippen LogP contribution in [0, 0.1) is 11.3 Å². The molecule has 0 unspecified atom stereocenters. The Balaban J connectivity index is 2.01. The lowest BCUT2D eigenvalue weighted by molar-refractivity contribution is 0.103. The predicted octanol–water partition coefficient (Wildman–Crippen LogP) is 0.788. The van der Waals surface area contributed by atoms with E-state index in [-0.39, 0.29) is 22.8 Å². The number of nitrogens with zero attached hydrogens (tertiary/aromatic N) is 2. The molecule has 0 aliphatic rings. The zero-order valence-corrected chi connectivity index (χ0v) is 12.5. The molecular formula is C16H9N3O3S. The van der Waals surface area contributed by atoms with Crippen LogP contribution in [0.1, 0.15) is 21.9 Å². The van der Waals surface area contributed by atoms with E-state index in [1.54, 1.807) is 36.4 Å². The number of H-pyrrole nitrogens is 1. The van der Waals surface area contributed by atoms with Gasteiger partial charge in [0.1, 0.15) is 11.8 Å². The summed E-state index contributed by atoms with van der Waals surface area (Å²) in [5, 5.41) is 8.83. The van der Waals surface area contributed by atoms with Crippen LogP contribution in [0.3, 0.4) is 0 Å². The standard InChI is InChI=1S/C16H9N3O3S/c17-9-11-4-1-3-10(18-11)7-14-16(21)19-15(23-14)8-12(20)13-5-2-6-22-13/h1-8H,(H,19,21)/b14-7+,15-8-. The van der Waals surface area contributed by atoms with Crippen LogP contribution in [0.4, 0.5) is 0 Å². The van der Waals surface area contributed by atoms with Gasteiger partial charge in [0, 0.05) is 6.08 Å². The zero-order chi connectivity index (χ0) is 16.2. The maximum Gasteiger partial charge on any atom is 0.266 e.